The molecule has 0 bridgehead atoms. The Balaban J connectivity index is 2.91. The average Bonchev–Trinajstić information content (AvgIpc) is 2.12. The summed E-state index contributed by atoms with van der Waals surface area (Å²) in [6, 6.07) is 5.95. The first-order chi connectivity index (χ1) is 6.65. The number of benzene rings is 1. The smallest absolute Gasteiger partial charge is 0.248 e. The van der Waals surface area contributed by atoms with Gasteiger partial charge in [-0.1, -0.05) is 24.3 Å². The molecule has 2 nitrogen and oxygen atoms in total. The fraction of sp³-hybridized carbons (Fsp3) is 0.250. The molecule has 0 heterocycles. The molecule has 0 aliphatic heterocycles. The molecule has 0 aromatic heterocycles. The number of hydrogen-bond acceptors (Lipinski definition) is 1. The molecule has 0 radical (unpaired) electrons. The van der Waals surface area contributed by atoms with Crippen LogP contribution >= 0.6 is 0 Å². The van der Waals surface area contributed by atoms with Crippen molar-refractivity contribution in [1.82, 2.24) is 0 Å². The normalized spacial score (nSPS) is 10.5. The maximum atomic E-state index is 11.3. The molecule has 1 aromatic carbocycles. The van der Waals surface area contributed by atoms with Crippen LogP contribution in [0.2, 0.25) is 0 Å². The molecule has 2 heteroatoms. The van der Waals surface area contributed by atoms with E-state index >= 15 is 0 Å². The Morgan fingerprint density at radius 1 is 1.29 bits per heavy atom. The molecule has 14 heavy (non-hydrogen) atoms. The highest BCUT2D eigenvalue weighted by atomic mass is 16.1. The van der Waals surface area contributed by atoms with Crippen molar-refractivity contribution in [2.24, 2.45) is 0 Å². The highest BCUT2D eigenvalue weighted by Gasteiger charge is 2.03. The zero-order chi connectivity index (χ0) is 10.6. The highest BCUT2D eigenvalue weighted by molar-refractivity contribution is 6.00. The summed E-state index contributed by atoms with van der Waals surface area (Å²) in [4.78, 5) is 11.3. The van der Waals surface area contributed by atoms with Crippen LogP contribution in [-0.2, 0) is 4.79 Å². The fourth-order valence-electron chi connectivity index (χ4n) is 1.33. The van der Waals surface area contributed by atoms with E-state index in [1.54, 1.807) is 6.08 Å². The van der Waals surface area contributed by atoms with Gasteiger partial charge >= 0.3 is 0 Å². The largest absolute Gasteiger partial charge is 0.322 e. The van der Waals surface area contributed by atoms with E-state index < -0.39 is 0 Å². The molecule has 1 amide bonds. The molecule has 0 saturated carbocycles. The Morgan fingerprint density at radius 3 is 2.36 bits per heavy atom. The van der Waals surface area contributed by atoms with Crippen LogP contribution in [0.15, 0.2) is 30.4 Å². The quantitative estimate of drug-likeness (QED) is 0.712. The van der Waals surface area contributed by atoms with Gasteiger partial charge in [-0.15, -0.1) is 0 Å². The number of hydrogen-bond donors (Lipinski definition) is 1. The summed E-state index contributed by atoms with van der Waals surface area (Å²) in [6.07, 6.45) is 3.24. The standard InChI is InChI=1S/C12H15NO/c1-4-6-11(14)13-12-9(2)7-5-8-10(12)3/h4-8H,1-3H3,(H,13,14)/b6-4+. The number of anilines is 1. The van der Waals surface area contributed by atoms with Gasteiger partial charge in [-0.25, -0.2) is 0 Å². The summed E-state index contributed by atoms with van der Waals surface area (Å²) >= 11 is 0. The van der Waals surface area contributed by atoms with Crippen LogP contribution in [0.5, 0.6) is 0 Å². The number of aryl methyl sites for hydroxylation is 2. The lowest BCUT2D eigenvalue weighted by Crippen LogP contribution is -2.10. The SMILES string of the molecule is C/C=C/C(=O)Nc1c(C)cccc1C. The Morgan fingerprint density at radius 2 is 1.86 bits per heavy atom. The summed E-state index contributed by atoms with van der Waals surface area (Å²) < 4.78 is 0. The maximum Gasteiger partial charge on any atom is 0.248 e. The lowest BCUT2D eigenvalue weighted by atomic mass is 10.1. The molecule has 74 valence electrons. The van der Waals surface area contributed by atoms with Crippen LogP contribution in [0, 0.1) is 13.8 Å². The zero-order valence-electron chi connectivity index (χ0n) is 8.79. The summed E-state index contributed by atoms with van der Waals surface area (Å²) in [5.74, 6) is -0.0788. The second-order valence-electron chi connectivity index (χ2n) is 3.26. The lowest BCUT2D eigenvalue weighted by molar-refractivity contribution is -0.111. The summed E-state index contributed by atoms with van der Waals surface area (Å²) in [5.41, 5.74) is 3.08. The number of para-hydroxylation sites is 1. The van der Waals surface area contributed by atoms with E-state index in [4.69, 9.17) is 0 Å². The number of nitrogens with one attached hydrogen (secondary N) is 1. The third kappa shape index (κ3) is 2.46. The van der Waals surface area contributed by atoms with Crippen molar-refractivity contribution in [3.8, 4) is 0 Å². The number of rotatable bonds is 2. The van der Waals surface area contributed by atoms with Crippen LogP contribution in [0.4, 0.5) is 5.69 Å². The van der Waals surface area contributed by atoms with Crippen LogP contribution in [0.3, 0.4) is 0 Å². The van der Waals surface area contributed by atoms with E-state index in [2.05, 4.69) is 5.32 Å². The predicted octanol–water partition coefficient (Wildman–Crippen LogP) is 2.82. The monoisotopic (exact) mass is 189 g/mol. The fourth-order valence-corrected chi connectivity index (χ4v) is 1.33. The summed E-state index contributed by atoms with van der Waals surface area (Å²) in [6.45, 7) is 5.79. The van der Waals surface area contributed by atoms with Gasteiger partial charge in [-0.3, -0.25) is 4.79 Å². The number of carbonyl (C=O) groups excluding carboxylic acids is 1. The van der Waals surface area contributed by atoms with Crippen LogP contribution in [0.25, 0.3) is 0 Å². The van der Waals surface area contributed by atoms with Crippen molar-refractivity contribution in [3.05, 3.63) is 41.5 Å². The molecular formula is C12H15NO. The van der Waals surface area contributed by atoms with Gasteiger partial charge in [0.15, 0.2) is 0 Å². The number of amides is 1. The zero-order valence-corrected chi connectivity index (χ0v) is 8.79. The Hall–Kier alpha value is -1.57. The minimum Gasteiger partial charge on any atom is -0.322 e. The molecule has 1 aromatic rings. The number of allylic oxidation sites excluding steroid dienone is 1. The number of carbonyl (C=O) groups is 1. The van der Waals surface area contributed by atoms with Gasteiger partial charge in [0.05, 0.1) is 0 Å². The van der Waals surface area contributed by atoms with Crippen molar-refractivity contribution in [3.63, 3.8) is 0 Å². The maximum absolute atomic E-state index is 11.3. The molecular weight excluding hydrogens is 174 g/mol. The van der Waals surface area contributed by atoms with Crippen molar-refractivity contribution < 1.29 is 4.79 Å². The summed E-state index contributed by atoms with van der Waals surface area (Å²) in [5, 5.41) is 2.85. The lowest BCUT2D eigenvalue weighted by Gasteiger charge is -2.09. The van der Waals surface area contributed by atoms with Crippen molar-refractivity contribution in [2.75, 3.05) is 5.32 Å². The summed E-state index contributed by atoms with van der Waals surface area (Å²) in [7, 11) is 0. The van der Waals surface area contributed by atoms with E-state index in [1.165, 1.54) is 6.08 Å². The van der Waals surface area contributed by atoms with E-state index in [0.29, 0.717) is 0 Å². The van der Waals surface area contributed by atoms with Gasteiger partial charge < -0.3 is 5.32 Å². The van der Waals surface area contributed by atoms with Crippen molar-refractivity contribution >= 4 is 11.6 Å². The molecule has 1 rings (SSSR count). The Bertz CT molecular complexity index is 346. The van der Waals surface area contributed by atoms with Gasteiger partial charge in [0.1, 0.15) is 0 Å². The van der Waals surface area contributed by atoms with Crippen molar-refractivity contribution in [2.45, 2.75) is 20.8 Å². The molecule has 0 aliphatic carbocycles. The first kappa shape index (κ1) is 10.5. The topological polar surface area (TPSA) is 29.1 Å². The minimum absolute atomic E-state index is 0.0788. The van der Waals surface area contributed by atoms with E-state index in [1.807, 2.05) is 39.0 Å². The first-order valence-electron chi connectivity index (χ1n) is 4.65. The molecule has 1 N–H and O–H groups in total. The third-order valence-corrected chi connectivity index (χ3v) is 2.05. The second-order valence-corrected chi connectivity index (χ2v) is 3.26. The van der Waals surface area contributed by atoms with Crippen molar-refractivity contribution in [1.29, 1.82) is 0 Å². The molecule has 0 fully saturated rings. The highest BCUT2D eigenvalue weighted by Crippen LogP contribution is 2.19. The Labute approximate surface area is 84.6 Å². The van der Waals surface area contributed by atoms with E-state index in [-0.39, 0.29) is 5.91 Å². The molecule has 0 unspecified atom stereocenters. The van der Waals surface area contributed by atoms with Gasteiger partial charge in [0, 0.05) is 5.69 Å². The molecule has 0 atom stereocenters. The van der Waals surface area contributed by atoms with Crippen LogP contribution < -0.4 is 5.32 Å². The second kappa shape index (κ2) is 4.61. The Kier molecular flexibility index (Phi) is 3.46. The van der Waals surface area contributed by atoms with E-state index in [9.17, 15) is 4.79 Å². The van der Waals surface area contributed by atoms with Gasteiger partial charge in [-0.2, -0.15) is 0 Å². The van der Waals surface area contributed by atoms with E-state index in [0.717, 1.165) is 16.8 Å². The molecule has 0 aliphatic rings. The first-order valence-corrected chi connectivity index (χ1v) is 4.65. The minimum atomic E-state index is -0.0788. The van der Waals surface area contributed by atoms with Gasteiger partial charge in [0.25, 0.3) is 0 Å². The van der Waals surface area contributed by atoms with Crippen LogP contribution in [-0.4, -0.2) is 5.91 Å². The van der Waals surface area contributed by atoms with Gasteiger partial charge in [-0.05, 0) is 38.0 Å². The molecule has 0 saturated heterocycles. The van der Waals surface area contributed by atoms with Crippen LogP contribution in [0.1, 0.15) is 18.1 Å². The predicted molar refractivity (Wildman–Crippen MR) is 59.4 cm³/mol. The third-order valence-electron chi connectivity index (χ3n) is 2.05. The average molecular weight is 189 g/mol. The van der Waals surface area contributed by atoms with Gasteiger partial charge in [0.2, 0.25) is 5.91 Å². The molecule has 0 spiro atoms.